The van der Waals surface area contributed by atoms with Crippen LogP contribution in [0.1, 0.15) is 35.1 Å². The van der Waals surface area contributed by atoms with Crippen LogP contribution in [0.15, 0.2) is 30.6 Å². The van der Waals surface area contributed by atoms with Crippen LogP contribution in [0, 0.1) is 0 Å². The number of fused-ring (bicyclic) bond motifs is 1. The summed E-state index contributed by atoms with van der Waals surface area (Å²) >= 11 is 7.26. The molecule has 2 aliphatic rings. The van der Waals surface area contributed by atoms with Gasteiger partial charge in [0.1, 0.15) is 11.8 Å². The maximum absolute atomic E-state index is 12.6. The van der Waals surface area contributed by atoms with Gasteiger partial charge in [0.25, 0.3) is 5.91 Å². The van der Waals surface area contributed by atoms with E-state index in [1.54, 1.807) is 24.0 Å². The van der Waals surface area contributed by atoms with Crippen molar-refractivity contribution in [3.8, 4) is 0 Å². The largest absolute Gasteiger partial charge is 0.382 e. The molecule has 2 amide bonds. The number of aromatic nitrogens is 3. The molecule has 1 fully saturated rings. The first kappa shape index (κ1) is 21.7. The molecule has 0 aromatic carbocycles. The van der Waals surface area contributed by atoms with Crippen LogP contribution < -0.4 is 16.0 Å². The Morgan fingerprint density at radius 3 is 2.91 bits per heavy atom. The first-order valence-electron chi connectivity index (χ1n) is 10.8. The molecule has 2 aliphatic heterocycles. The van der Waals surface area contributed by atoms with Gasteiger partial charge in [-0.1, -0.05) is 17.7 Å². The number of hydrogen-bond donors (Lipinski definition) is 2. The highest BCUT2D eigenvalue weighted by molar-refractivity contribution is 7.18. The zero-order chi connectivity index (χ0) is 23.1. The minimum atomic E-state index is -0.107. The van der Waals surface area contributed by atoms with E-state index in [1.807, 2.05) is 4.52 Å². The highest BCUT2D eigenvalue weighted by Crippen LogP contribution is 2.34. The van der Waals surface area contributed by atoms with Gasteiger partial charge in [-0.15, -0.1) is 11.3 Å². The lowest BCUT2D eigenvalue weighted by molar-refractivity contribution is -0.127. The van der Waals surface area contributed by atoms with E-state index in [-0.39, 0.29) is 17.9 Å². The fourth-order valence-electron chi connectivity index (χ4n) is 4.51. The number of anilines is 2. The van der Waals surface area contributed by atoms with Crippen molar-refractivity contribution in [2.24, 2.45) is 0 Å². The van der Waals surface area contributed by atoms with Gasteiger partial charge in [0.2, 0.25) is 5.91 Å². The Hall–Kier alpha value is -3.11. The number of carbonyl (C=O) groups is 2. The van der Waals surface area contributed by atoms with Gasteiger partial charge in [-0.25, -0.2) is 9.50 Å². The summed E-state index contributed by atoms with van der Waals surface area (Å²) in [4.78, 5) is 33.3. The molecule has 1 saturated heterocycles. The van der Waals surface area contributed by atoms with Crippen molar-refractivity contribution in [2.45, 2.75) is 25.8 Å². The predicted molar refractivity (Wildman–Crippen MR) is 130 cm³/mol. The van der Waals surface area contributed by atoms with Gasteiger partial charge >= 0.3 is 0 Å². The molecule has 0 spiro atoms. The number of nitrogens with two attached hydrogens (primary N) is 1. The number of nitrogens with zero attached hydrogens (tertiary/aromatic N) is 5. The van der Waals surface area contributed by atoms with Crippen LogP contribution in [-0.4, -0.2) is 63.5 Å². The summed E-state index contributed by atoms with van der Waals surface area (Å²) in [5.41, 5.74) is 9.89. The van der Waals surface area contributed by atoms with Gasteiger partial charge in [0.15, 0.2) is 5.82 Å². The van der Waals surface area contributed by atoms with E-state index >= 15 is 0 Å². The van der Waals surface area contributed by atoms with Crippen molar-refractivity contribution >= 4 is 57.3 Å². The van der Waals surface area contributed by atoms with E-state index in [9.17, 15) is 9.59 Å². The second kappa shape index (κ2) is 8.68. The summed E-state index contributed by atoms with van der Waals surface area (Å²) in [5.74, 6) is 0.329. The fourth-order valence-corrected chi connectivity index (χ4v) is 5.45. The van der Waals surface area contributed by atoms with Gasteiger partial charge in [-0.2, -0.15) is 5.10 Å². The monoisotopic (exact) mass is 485 g/mol. The van der Waals surface area contributed by atoms with Gasteiger partial charge in [-0.05, 0) is 36.6 Å². The third-order valence-corrected chi connectivity index (χ3v) is 7.38. The molecule has 1 unspecified atom stereocenters. The third kappa shape index (κ3) is 4.16. The molecule has 0 saturated carbocycles. The Labute approximate surface area is 199 Å². The quantitative estimate of drug-likeness (QED) is 0.588. The average Bonchev–Trinajstić information content (AvgIpc) is 3.52. The van der Waals surface area contributed by atoms with Crippen LogP contribution in [0.25, 0.3) is 11.1 Å². The predicted octanol–water partition coefficient (Wildman–Crippen LogP) is 2.67. The number of hydrogen-bond acceptors (Lipinski definition) is 7. The number of thiophene rings is 1. The lowest BCUT2D eigenvalue weighted by Crippen LogP contribution is -2.47. The van der Waals surface area contributed by atoms with Crippen LogP contribution >= 0.6 is 22.9 Å². The van der Waals surface area contributed by atoms with Crippen molar-refractivity contribution in [1.29, 1.82) is 0 Å². The highest BCUT2D eigenvalue weighted by Gasteiger charge is 2.28. The summed E-state index contributed by atoms with van der Waals surface area (Å²) in [7, 11) is 0. The van der Waals surface area contributed by atoms with Crippen molar-refractivity contribution in [3.63, 3.8) is 0 Å². The molecular weight excluding hydrogens is 462 g/mol. The third-order valence-electron chi connectivity index (χ3n) is 6.15. The molecule has 0 bridgehead atoms. The lowest BCUT2D eigenvalue weighted by atomic mass is 10.0. The van der Waals surface area contributed by atoms with Crippen LogP contribution in [0.2, 0.25) is 4.34 Å². The van der Waals surface area contributed by atoms with E-state index in [2.05, 4.69) is 32.4 Å². The second-order valence-electron chi connectivity index (χ2n) is 8.31. The minimum Gasteiger partial charge on any atom is -0.382 e. The smallest absolute Gasteiger partial charge is 0.261 e. The number of carbonyl (C=O) groups excluding carboxylic acids is 2. The molecule has 0 radical (unpaired) electrons. The normalized spacial score (nSPS) is 18.6. The number of amides is 2. The first-order valence-corrected chi connectivity index (χ1v) is 12.0. The molecule has 5 rings (SSSR count). The van der Waals surface area contributed by atoms with Crippen molar-refractivity contribution < 1.29 is 9.59 Å². The molecular formula is C22H24ClN7O2S. The molecule has 33 heavy (non-hydrogen) atoms. The average molecular weight is 486 g/mol. The van der Waals surface area contributed by atoms with Crippen LogP contribution in [0.3, 0.4) is 0 Å². The molecule has 3 aromatic heterocycles. The van der Waals surface area contributed by atoms with Crippen LogP contribution in [-0.2, 0) is 4.79 Å². The van der Waals surface area contributed by atoms with Crippen LogP contribution in [0.4, 0.5) is 11.5 Å². The van der Waals surface area contributed by atoms with Gasteiger partial charge in [0, 0.05) is 39.1 Å². The fraction of sp³-hybridized carbons (Fsp3) is 0.364. The van der Waals surface area contributed by atoms with Gasteiger partial charge in [0.05, 0.1) is 20.6 Å². The zero-order valence-corrected chi connectivity index (χ0v) is 19.7. The Morgan fingerprint density at radius 1 is 1.33 bits per heavy atom. The highest BCUT2D eigenvalue weighted by atomic mass is 35.5. The summed E-state index contributed by atoms with van der Waals surface area (Å²) in [6.45, 7) is 4.18. The van der Waals surface area contributed by atoms with Crippen molar-refractivity contribution in [1.82, 2.24) is 24.8 Å². The van der Waals surface area contributed by atoms with E-state index in [4.69, 9.17) is 17.3 Å². The Balaban J connectivity index is 1.42. The molecule has 3 N–H and O–H groups in total. The molecule has 3 aromatic rings. The Morgan fingerprint density at radius 2 is 2.18 bits per heavy atom. The Bertz CT molecular complexity index is 1270. The van der Waals surface area contributed by atoms with E-state index in [0.717, 1.165) is 41.9 Å². The van der Waals surface area contributed by atoms with E-state index < -0.39 is 0 Å². The summed E-state index contributed by atoms with van der Waals surface area (Å²) in [6.07, 6.45) is 5.32. The number of halogens is 1. The SMILES string of the molecule is CC(=O)N1CC=C(c2cc(N3CCCC(NC(=O)c4ccc(Cl)s4)C3)c3c(N)ncnn23)C1. The molecule has 1 atom stereocenters. The van der Waals surface area contributed by atoms with Gasteiger partial charge < -0.3 is 20.9 Å². The number of piperidine rings is 1. The molecule has 9 nitrogen and oxygen atoms in total. The maximum Gasteiger partial charge on any atom is 0.261 e. The molecule has 5 heterocycles. The minimum absolute atomic E-state index is 0.00437. The Kier molecular flexibility index (Phi) is 5.71. The van der Waals surface area contributed by atoms with E-state index in [0.29, 0.717) is 34.7 Å². The first-order chi connectivity index (χ1) is 15.9. The second-order valence-corrected chi connectivity index (χ2v) is 10.0. The van der Waals surface area contributed by atoms with Crippen LogP contribution in [0.5, 0.6) is 0 Å². The van der Waals surface area contributed by atoms with Gasteiger partial charge in [-0.3, -0.25) is 9.59 Å². The molecule has 0 aliphatic carbocycles. The number of nitrogen functional groups attached to an aromatic ring is 1. The van der Waals surface area contributed by atoms with Crippen molar-refractivity contribution in [2.75, 3.05) is 36.8 Å². The molecule has 172 valence electrons. The lowest BCUT2D eigenvalue weighted by Gasteiger charge is -2.34. The topological polar surface area (TPSA) is 109 Å². The van der Waals surface area contributed by atoms with E-state index in [1.165, 1.54) is 17.7 Å². The summed E-state index contributed by atoms with van der Waals surface area (Å²) in [5, 5.41) is 7.59. The number of nitrogens with one attached hydrogen (secondary N) is 1. The summed E-state index contributed by atoms with van der Waals surface area (Å²) in [6, 6.07) is 5.54. The zero-order valence-electron chi connectivity index (χ0n) is 18.1. The van der Waals surface area contributed by atoms with Crippen molar-refractivity contribution in [3.05, 3.63) is 45.5 Å². The molecule has 11 heteroatoms. The summed E-state index contributed by atoms with van der Waals surface area (Å²) < 4.78 is 2.40. The standard InChI is InChI=1S/C22H24ClN7O2S/c1-13(31)28-8-6-14(10-28)16-9-17(20-21(24)25-12-26-30(16)20)29-7-2-3-15(11-29)27-22(32)18-4-5-19(23)33-18/h4-6,9,12,15H,2-3,7-8,10-11H2,1H3,(H,27,32)(H2,24,25,26). The number of rotatable bonds is 4. The maximum atomic E-state index is 12.6.